The van der Waals surface area contributed by atoms with Gasteiger partial charge in [0.1, 0.15) is 11.4 Å². The number of hydrogen-bond acceptors (Lipinski definition) is 6. The molecule has 160 valence electrons. The molecule has 0 saturated carbocycles. The Morgan fingerprint density at radius 2 is 1.97 bits per heavy atom. The number of rotatable bonds is 4. The Balaban J connectivity index is 0.00000210. The Kier molecular flexibility index (Phi) is 8.64. The van der Waals surface area contributed by atoms with E-state index < -0.39 is 11.9 Å². The predicted octanol–water partition coefficient (Wildman–Crippen LogP) is 2.76. The van der Waals surface area contributed by atoms with Crippen molar-refractivity contribution in [2.24, 2.45) is 11.5 Å². The first-order chi connectivity index (χ1) is 12.8. The molecule has 0 aliphatic carbocycles. The Labute approximate surface area is 177 Å². The third-order valence-electron chi connectivity index (χ3n) is 4.08. The largest absolute Gasteiger partial charge is 0.437 e. The van der Waals surface area contributed by atoms with Crippen LogP contribution in [0.25, 0.3) is 0 Å². The average Bonchev–Trinajstić information content (AvgIpc) is 3.06. The number of nitrogens with two attached hydrogens (primary N) is 2. The van der Waals surface area contributed by atoms with E-state index in [1.54, 1.807) is 4.90 Å². The van der Waals surface area contributed by atoms with Crippen molar-refractivity contribution in [2.45, 2.75) is 25.2 Å². The van der Waals surface area contributed by atoms with E-state index in [-0.39, 0.29) is 66.1 Å². The van der Waals surface area contributed by atoms with Gasteiger partial charge in [-0.05, 0) is 24.1 Å². The van der Waals surface area contributed by atoms with Gasteiger partial charge >= 0.3 is 6.18 Å². The molecule has 12 heteroatoms. The Morgan fingerprint density at radius 1 is 1.24 bits per heavy atom. The SMILES string of the molecule is Cl.Cl.NCc1cc(Oc2cncc(C(=O)N3CCC(N)C3)c2)nc(C(F)(F)F)c1. The van der Waals surface area contributed by atoms with Gasteiger partial charge in [-0.1, -0.05) is 0 Å². The van der Waals surface area contributed by atoms with Gasteiger partial charge in [-0.15, -0.1) is 24.8 Å². The van der Waals surface area contributed by atoms with E-state index in [0.717, 1.165) is 6.07 Å². The van der Waals surface area contributed by atoms with Crippen molar-refractivity contribution in [3.63, 3.8) is 0 Å². The van der Waals surface area contributed by atoms with Gasteiger partial charge in [0.25, 0.3) is 5.91 Å². The lowest BCUT2D eigenvalue weighted by molar-refractivity contribution is -0.141. The van der Waals surface area contributed by atoms with Crippen molar-refractivity contribution in [1.29, 1.82) is 0 Å². The molecule has 0 radical (unpaired) electrons. The Bertz CT molecular complexity index is 854. The number of aromatic nitrogens is 2. The van der Waals surface area contributed by atoms with Gasteiger partial charge in [0.2, 0.25) is 5.88 Å². The molecule has 1 fully saturated rings. The summed E-state index contributed by atoms with van der Waals surface area (Å²) in [6.07, 6.45) is -1.26. The smallest absolute Gasteiger partial charge is 0.433 e. The normalized spacial score (nSPS) is 16.0. The molecule has 0 aromatic carbocycles. The van der Waals surface area contributed by atoms with E-state index in [0.29, 0.717) is 19.5 Å². The lowest BCUT2D eigenvalue weighted by atomic mass is 10.2. The summed E-state index contributed by atoms with van der Waals surface area (Å²) < 4.78 is 44.3. The first kappa shape index (κ1) is 24.9. The van der Waals surface area contributed by atoms with Crippen LogP contribution in [-0.2, 0) is 12.7 Å². The van der Waals surface area contributed by atoms with E-state index in [1.165, 1.54) is 24.5 Å². The molecule has 29 heavy (non-hydrogen) atoms. The molecule has 3 heterocycles. The minimum Gasteiger partial charge on any atom is -0.437 e. The van der Waals surface area contributed by atoms with Crippen LogP contribution in [0, 0.1) is 0 Å². The maximum absolute atomic E-state index is 13.0. The van der Waals surface area contributed by atoms with Crippen LogP contribution in [0.15, 0.2) is 30.6 Å². The highest BCUT2D eigenvalue weighted by atomic mass is 35.5. The minimum atomic E-state index is -4.63. The van der Waals surface area contributed by atoms with Gasteiger partial charge in [-0.25, -0.2) is 4.98 Å². The van der Waals surface area contributed by atoms with E-state index in [4.69, 9.17) is 16.2 Å². The summed E-state index contributed by atoms with van der Waals surface area (Å²) >= 11 is 0. The fraction of sp³-hybridized carbons (Fsp3) is 0.353. The van der Waals surface area contributed by atoms with Gasteiger partial charge in [0, 0.05) is 37.9 Å². The van der Waals surface area contributed by atoms with E-state index in [2.05, 4.69) is 9.97 Å². The van der Waals surface area contributed by atoms with Crippen molar-refractivity contribution in [3.05, 3.63) is 47.4 Å². The number of alkyl halides is 3. The highest BCUT2D eigenvalue weighted by molar-refractivity contribution is 5.94. The maximum Gasteiger partial charge on any atom is 0.433 e. The number of pyridine rings is 2. The molecule has 7 nitrogen and oxygen atoms in total. The van der Waals surface area contributed by atoms with Crippen LogP contribution in [0.5, 0.6) is 11.6 Å². The second kappa shape index (κ2) is 10.1. The summed E-state index contributed by atoms with van der Waals surface area (Å²) in [6.45, 7) is 0.882. The van der Waals surface area contributed by atoms with Crippen LogP contribution in [0.3, 0.4) is 0 Å². The number of carbonyl (C=O) groups excluding carboxylic acids is 1. The third-order valence-corrected chi connectivity index (χ3v) is 4.08. The fourth-order valence-corrected chi connectivity index (χ4v) is 2.74. The van der Waals surface area contributed by atoms with Crippen LogP contribution in [0.4, 0.5) is 13.2 Å². The highest BCUT2D eigenvalue weighted by Gasteiger charge is 2.33. The monoisotopic (exact) mass is 453 g/mol. The molecule has 0 spiro atoms. The second-order valence-corrected chi connectivity index (χ2v) is 6.21. The van der Waals surface area contributed by atoms with Crippen LogP contribution >= 0.6 is 24.8 Å². The van der Waals surface area contributed by atoms with Crippen molar-refractivity contribution in [1.82, 2.24) is 14.9 Å². The molecule has 1 aliphatic rings. The van der Waals surface area contributed by atoms with Gasteiger partial charge in [0.05, 0.1) is 11.8 Å². The van der Waals surface area contributed by atoms with E-state index in [9.17, 15) is 18.0 Å². The number of amides is 1. The highest BCUT2D eigenvalue weighted by Crippen LogP contribution is 2.31. The van der Waals surface area contributed by atoms with Gasteiger partial charge in [-0.3, -0.25) is 9.78 Å². The predicted molar refractivity (Wildman–Crippen MR) is 104 cm³/mol. The van der Waals surface area contributed by atoms with Crippen LogP contribution < -0.4 is 16.2 Å². The second-order valence-electron chi connectivity index (χ2n) is 6.21. The van der Waals surface area contributed by atoms with Crippen LogP contribution in [0.1, 0.15) is 28.0 Å². The van der Waals surface area contributed by atoms with Gasteiger partial charge in [-0.2, -0.15) is 13.2 Å². The molecule has 1 aliphatic heterocycles. The molecule has 4 N–H and O–H groups in total. The lowest BCUT2D eigenvalue weighted by Crippen LogP contribution is -2.31. The first-order valence-electron chi connectivity index (χ1n) is 8.22. The number of carbonyl (C=O) groups is 1. The quantitative estimate of drug-likeness (QED) is 0.736. The molecular weight excluding hydrogens is 434 g/mol. The molecule has 2 aromatic rings. The first-order valence-corrected chi connectivity index (χ1v) is 8.22. The molecule has 1 amide bonds. The van der Waals surface area contributed by atoms with Crippen LogP contribution in [-0.4, -0.2) is 39.9 Å². The number of hydrogen-bond donors (Lipinski definition) is 2. The number of likely N-dealkylation sites (tertiary alicyclic amines) is 1. The molecule has 0 bridgehead atoms. The summed E-state index contributed by atoms with van der Waals surface area (Å²) in [4.78, 5) is 21.5. The minimum absolute atomic E-state index is 0. The molecule has 1 atom stereocenters. The van der Waals surface area contributed by atoms with Crippen molar-refractivity contribution >= 4 is 30.7 Å². The van der Waals surface area contributed by atoms with Crippen LogP contribution in [0.2, 0.25) is 0 Å². The summed E-state index contributed by atoms with van der Waals surface area (Å²) in [5.41, 5.74) is 10.6. The number of halogens is 5. The molecule has 1 unspecified atom stereocenters. The standard InChI is InChI=1S/C17H18F3N5O2.2ClH/c18-17(19,20)14-3-10(6-21)4-15(24-14)27-13-5-11(7-23-8-13)16(26)25-2-1-12(22)9-25;;/h3-5,7-8,12H,1-2,6,9,21-22H2;2*1H. The molecule has 3 rings (SSSR count). The zero-order valence-electron chi connectivity index (χ0n) is 15.1. The summed E-state index contributed by atoms with van der Waals surface area (Å²) in [5.74, 6) is -0.445. The summed E-state index contributed by atoms with van der Waals surface area (Å²) in [7, 11) is 0. The van der Waals surface area contributed by atoms with Gasteiger partial charge in [0.15, 0.2) is 0 Å². The van der Waals surface area contributed by atoms with Crippen molar-refractivity contribution < 1.29 is 22.7 Å². The molecule has 1 saturated heterocycles. The molecular formula is C17H20Cl2F3N5O2. The van der Waals surface area contributed by atoms with Gasteiger partial charge < -0.3 is 21.1 Å². The third kappa shape index (κ3) is 6.17. The zero-order chi connectivity index (χ0) is 19.6. The van der Waals surface area contributed by atoms with Crippen molar-refractivity contribution in [2.75, 3.05) is 13.1 Å². The Morgan fingerprint density at radius 3 is 2.55 bits per heavy atom. The average molecular weight is 454 g/mol. The summed E-state index contributed by atoms with van der Waals surface area (Å²) in [6, 6.07) is 3.51. The zero-order valence-corrected chi connectivity index (χ0v) is 16.7. The number of ether oxygens (including phenoxy) is 1. The number of nitrogens with zero attached hydrogens (tertiary/aromatic N) is 3. The fourth-order valence-electron chi connectivity index (χ4n) is 2.74. The maximum atomic E-state index is 13.0. The van der Waals surface area contributed by atoms with Crippen molar-refractivity contribution in [3.8, 4) is 11.6 Å². The lowest BCUT2D eigenvalue weighted by Gasteiger charge is -2.16. The summed E-state index contributed by atoms with van der Waals surface area (Å²) in [5, 5.41) is 0. The Hall–Kier alpha value is -2.14. The molecule has 2 aromatic heterocycles. The van der Waals surface area contributed by atoms with E-state index in [1.807, 2.05) is 0 Å². The topological polar surface area (TPSA) is 107 Å². The van der Waals surface area contributed by atoms with E-state index >= 15 is 0 Å².